The smallest absolute Gasteiger partial charge is 0.275 e. The van der Waals surface area contributed by atoms with E-state index in [4.69, 9.17) is 33.0 Å². The third-order valence-corrected chi connectivity index (χ3v) is 12.2. The van der Waals surface area contributed by atoms with Crippen molar-refractivity contribution >= 4 is 56.6 Å². The molecular weight excluding hydrogens is 771 g/mol. The molecule has 0 radical (unpaired) electrons. The van der Waals surface area contributed by atoms with E-state index < -0.39 is 0 Å². The van der Waals surface area contributed by atoms with Crippen molar-refractivity contribution in [3.05, 3.63) is 117 Å². The highest BCUT2D eigenvalue weighted by atomic mass is 35.5. The molecule has 1 unspecified atom stereocenters. The van der Waals surface area contributed by atoms with E-state index in [-0.39, 0.29) is 11.9 Å². The van der Waals surface area contributed by atoms with Gasteiger partial charge in [-0.05, 0) is 107 Å². The Morgan fingerprint density at radius 2 is 1.66 bits per heavy atom. The quantitative estimate of drug-likeness (QED) is 0.134. The molecule has 1 atom stereocenters. The number of fused-ring (bicyclic) bond motifs is 4. The number of anilines is 1. The molecule has 0 fully saturated rings. The summed E-state index contributed by atoms with van der Waals surface area (Å²) >= 11 is 13.6. The molecular formula is C44H42Cl2N10O2. The second kappa shape index (κ2) is 14.4. The van der Waals surface area contributed by atoms with Gasteiger partial charge in [0.25, 0.3) is 11.9 Å². The Labute approximate surface area is 345 Å². The summed E-state index contributed by atoms with van der Waals surface area (Å²) < 4.78 is 14.0. The van der Waals surface area contributed by atoms with Gasteiger partial charge in [0.2, 0.25) is 0 Å². The molecule has 0 saturated heterocycles. The van der Waals surface area contributed by atoms with Crippen LogP contribution in [-0.2, 0) is 20.5 Å². The maximum atomic E-state index is 15.3. The second-order valence-electron chi connectivity index (χ2n) is 15.2. The van der Waals surface area contributed by atoms with Gasteiger partial charge in [-0.2, -0.15) is 9.78 Å². The number of nitrogens with zero attached hydrogens (tertiary/aromatic N) is 10. The summed E-state index contributed by atoms with van der Waals surface area (Å²) in [7, 11) is 3.95. The predicted octanol–water partition coefficient (Wildman–Crippen LogP) is 9.34. The largest absolute Gasteiger partial charge is 0.494 e. The van der Waals surface area contributed by atoms with Crippen LogP contribution in [0.3, 0.4) is 0 Å². The highest BCUT2D eigenvalue weighted by Crippen LogP contribution is 2.46. The van der Waals surface area contributed by atoms with E-state index in [9.17, 15) is 0 Å². The van der Waals surface area contributed by atoms with Crippen LogP contribution in [0.2, 0.25) is 10.0 Å². The lowest BCUT2D eigenvalue weighted by Gasteiger charge is -2.34. The van der Waals surface area contributed by atoms with Crippen molar-refractivity contribution in [2.24, 2.45) is 14.1 Å². The molecule has 1 aliphatic heterocycles. The van der Waals surface area contributed by atoms with E-state index in [0.29, 0.717) is 48.5 Å². The van der Waals surface area contributed by atoms with Crippen LogP contribution in [0.15, 0.2) is 73.4 Å². The van der Waals surface area contributed by atoms with Gasteiger partial charge in [0.05, 0.1) is 28.5 Å². The van der Waals surface area contributed by atoms with Gasteiger partial charge >= 0.3 is 0 Å². The lowest BCUT2D eigenvalue weighted by Crippen LogP contribution is -2.42. The molecule has 12 nitrogen and oxygen atoms in total. The van der Waals surface area contributed by atoms with Crippen LogP contribution in [0, 0.1) is 27.7 Å². The summed E-state index contributed by atoms with van der Waals surface area (Å²) in [6, 6.07) is 15.7. The van der Waals surface area contributed by atoms with Gasteiger partial charge in [0, 0.05) is 89.0 Å². The Bertz CT molecular complexity index is 2900. The van der Waals surface area contributed by atoms with E-state index in [1.165, 1.54) is 0 Å². The summed E-state index contributed by atoms with van der Waals surface area (Å²) in [6.07, 6.45) is 8.27. The Balaban J connectivity index is 1.15. The lowest BCUT2D eigenvalue weighted by atomic mass is 9.98. The predicted molar refractivity (Wildman–Crippen MR) is 229 cm³/mol. The first-order valence-electron chi connectivity index (χ1n) is 19.3. The fraction of sp³-hybridized carbons (Fsp3) is 0.273. The van der Waals surface area contributed by atoms with Gasteiger partial charge in [-0.3, -0.25) is 9.48 Å². The Morgan fingerprint density at radius 1 is 0.897 bits per heavy atom. The molecule has 0 N–H and O–H groups in total. The topological polar surface area (TPSA) is 114 Å². The van der Waals surface area contributed by atoms with Gasteiger partial charge in [0.1, 0.15) is 17.8 Å². The maximum Gasteiger partial charge on any atom is 0.275 e. The lowest BCUT2D eigenvalue weighted by molar-refractivity contribution is 0.0957. The highest BCUT2D eigenvalue weighted by Gasteiger charge is 2.37. The zero-order valence-corrected chi connectivity index (χ0v) is 34.9. The summed E-state index contributed by atoms with van der Waals surface area (Å²) in [6.45, 7) is 11.1. The molecule has 0 saturated carbocycles. The van der Waals surface area contributed by atoms with Crippen molar-refractivity contribution in [2.45, 2.75) is 53.5 Å². The van der Waals surface area contributed by atoms with E-state index in [0.717, 1.165) is 83.0 Å². The summed E-state index contributed by atoms with van der Waals surface area (Å²) in [5.74, 6) is 1.67. The standard InChI is InChI=1S/C44H42Cl2N10O2/c1-24-18-30(19-25(2)39(24)46)58-17-8-10-31-32-12-13-34(45)38(37-27(4)50-53(7)28(37)5)40(32)56-26(3)21-54(43(57)41(31)56)36-22-52(6)35-14-11-29(20-33(35)36)42-49-23-55(51-42)44-47-15-9-16-48-44/h9,11-16,18-20,22-23,26H,8,10,17,21H2,1-7H3. The molecule has 58 heavy (non-hydrogen) atoms. The molecule has 9 rings (SSSR count). The molecule has 0 aliphatic carbocycles. The molecule has 14 heteroatoms. The van der Waals surface area contributed by atoms with E-state index in [1.54, 1.807) is 29.5 Å². The van der Waals surface area contributed by atoms with Gasteiger partial charge in [-0.1, -0.05) is 29.3 Å². The van der Waals surface area contributed by atoms with Crippen LogP contribution in [-0.4, -0.2) is 62.7 Å². The van der Waals surface area contributed by atoms with E-state index >= 15 is 4.79 Å². The summed E-state index contributed by atoms with van der Waals surface area (Å²) in [4.78, 5) is 30.4. The molecule has 0 bridgehead atoms. The number of aromatic nitrogens is 9. The molecule has 5 aromatic heterocycles. The average Bonchev–Trinajstić information content (AvgIpc) is 3.97. The maximum absolute atomic E-state index is 15.3. The first-order valence-corrected chi connectivity index (χ1v) is 20.0. The van der Waals surface area contributed by atoms with Crippen LogP contribution < -0.4 is 9.64 Å². The van der Waals surface area contributed by atoms with Crippen LogP contribution in [0.25, 0.3) is 50.3 Å². The molecule has 1 amide bonds. The molecule has 1 aliphatic rings. The van der Waals surface area contributed by atoms with Crippen molar-refractivity contribution in [3.8, 4) is 34.2 Å². The molecule has 294 valence electrons. The van der Waals surface area contributed by atoms with Crippen molar-refractivity contribution in [1.29, 1.82) is 0 Å². The molecule has 3 aromatic carbocycles. The van der Waals surface area contributed by atoms with Crippen LogP contribution in [0.5, 0.6) is 5.75 Å². The van der Waals surface area contributed by atoms with Crippen molar-refractivity contribution in [3.63, 3.8) is 0 Å². The van der Waals surface area contributed by atoms with Gasteiger partial charge in [-0.25, -0.2) is 15.0 Å². The monoisotopic (exact) mass is 812 g/mol. The Morgan fingerprint density at radius 3 is 2.38 bits per heavy atom. The Kier molecular flexibility index (Phi) is 9.36. The first kappa shape index (κ1) is 37.6. The fourth-order valence-electron chi connectivity index (χ4n) is 8.56. The van der Waals surface area contributed by atoms with Crippen LogP contribution in [0.1, 0.15) is 58.0 Å². The number of aryl methyl sites for hydroxylation is 6. The zero-order chi connectivity index (χ0) is 40.6. The van der Waals surface area contributed by atoms with Gasteiger partial charge in [-0.15, -0.1) is 5.10 Å². The number of halogens is 2. The van der Waals surface area contributed by atoms with E-state index in [1.807, 2.05) is 81.0 Å². The Hall–Kier alpha value is -5.98. The third kappa shape index (κ3) is 6.13. The molecule has 0 spiro atoms. The number of amides is 1. The second-order valence-corrected chi connectivity index (χ2v) is 16.0. The third-order valence-electron chi connectivity index (χ3n) is 11.3. The normalized spacial score (nSPS) is 14.3. The summed E-state index contributed by atoms with van der Waals surface area (Å²) in [5, 5.41) is 12.7. The number of carbonyl (C=O) groups excluding carboxylic acids is 1. The number of hydrogen-bond acceptors (Lipinski definition) is 7. The van der Waals surface area contributed by atoms with Gasteiger partial charge < -0.3 is 18.8 Å². The highest BCUT2D eigenvalue weighted by molar-refractivity contribution is 6.35. The first-order chi connectivity index (χ1) is 27.9. The van der Waals surface area contributed by atoms with Crippen LogP contribution >= 0.6 is 23.2 Å². The minimum Gasteiger partial charge on any atom is -0.494 e. The van der Waals surface area contributed by atoms with Crippen molar-refractivity contribution in [2.75, 3.05) is 18.1 Å². The van der Waals surface area contributed by atoms with Crippen molar-refractivity contribution in [1.82, 2.24) is 43.6 Å². The molecule has 6 heterocycles. The van der Waals surface area contributed by atoms with Gasteiger partial charge in [0.15, 0.2) is 5.82 Å². The number of ether oxygens (including phenoxy) is 1. The number of carbonyl (C=O) groups is 1. The number of benzene rings is 3. The average molecular weight is 814 g/mol. The number of hydrogen-bond donors (Lipinski definition) is 0. The van der Waals surface area contributed by atoms with Crippen molar-refractivity contribution < 1.29 is 9.53 Å². The summed E-state index contributed by atoms with van der Waals surface area (Å²) in [5.41, 5.74) is 10.9. The minimum absolute atomic E-state index is 0.0718. The fourth-order valence-corrected chi connectivity index (χ4v) is 8.92. The van der Waals surface area contributed by atoms with E-state index in [2.05, 4.69) is 55.2 Å². The SMILES string of the molecule is Cc1cc(OCCCc2c3n(c4c(-c5c(C)nn(C)c5C)c(Cl)ccc24)C(C)CN(c2cn(C)c4ccc(-c5ncn(-c6ncccn6)n5)cc24)C3=O)cc(C)c1Cl. The molecule has 8 aromatic rings. The van der Waals surface area contributed by atoms with Crippen LogP contribution in [0.4, 0.5) is 5.69 Å². The number of rotatable bonds is 9. The minimum atomic E-state index is -0.101. The zero-order valence-electron chi connectivity index (χ0n) is 33.4.